The predicted molar refractivity (Wildman–Crippen MR) is 129 cm³/mol. The van der Waals surface area contributed by atoms with Crippen LogP contribution in [0.25, 0.3) is 0 Å². The summed E-state index contributed by atoms with van der Waals surface area (Å²) in [5.41, 5.74) is 1.29. The maximum absolute atomic E-state index is 12.9. The van der Waals surface area contributed by atoms with E-state index in [1.807, 2.05) is 0 Å². The fourth-order valence-corrected chi connectivity index (χ4v) is 3.07. The van der Waals surface area contributed by atoms with E-state index in [2.05, 4.69) is 20.7 Å². The van der Waals surface area contributed by atoms with Crippen molar-refractivity contribution in [2.75, 3.05) is 17.7 Å². The zero-order valence-corrected chi connectivity index (χ0v) is 18.5. The number of anilines is 2. The molecule has 0 unspecified atom stereocenters. The fraction of sp³-hybridized carbons (Fsp3) is 0.0435. The quantitative estimate of drug-likeness (QED) is 0.208. The molecule has 0 saturated heterocycles. The number of non-ortho nitro benzene ring substituents is 1. The maximum Gasteiger partial charge on any atom is 0.413 e. The molecule has 10 nitrogen and oxygen atoms in total. The van der Waals surface area contributed by atoms with Gasteiger partial charge in [0.2, 0.25) is 0 Å². The number of ether oxygens (including phenoxy) is 1. The van der Waals surface area contributed by atoms with Gasteiger partial charge in [-0.25, -0.2) is 4.79 Å². The van der Waals surface area contributed by atoms with Gasteiger partial charge in [-0.2, -0.15) is 0 Å². The van der Waals surface area contributed by atoms with Gasteiger partial charge in [-0.05, 0) is 42.5 Å². The molecular weight excluding hydrogens is 460 g/mol. The van der Waals surface area contributed by atoms with Crippen molar-refractivity contribution in [2.24, 2.45) is 0 Å². The molecule has 11 heteroatoms. The molecule has 0 radical (unpaired) electrons. The minimum atomic E-state index is -0.800. The molecule has 0 aromatic heterocycles. The second-order valence-electron chi connectivity index (χ2n) is 6.78. The number of nitro benzene ring substituents is 1. The number of methoxy groups -OCH3 is 1. The second-order valence-corrected chi connectivity index (χ2v) is 7.19. The van der Waals surface area contributed by atoms with Crippen LogP contribution < -0.4 is 16.0 Å². The lowest BCUT2D eigenvalue weighted by Crippen LogP contribution is -2.34. The van der Waals surface area contributed by atoms with Crippen LogP contribution >= 0.6 is 12.2 Å². The van der Waals surface area contributed by atoms with E-state index in [1.165, 1.54) is 49.6 Å². The van der Waals surface area contributed by atoms with Crippen molar-refractivity contribution in [1.29, 1.82) is 0 Å². The second kappa shape index (κ2) is 10.8. The van der Waals surface area contributed by atoms with Gasteiger partial charge in [0.15, 0.2) is 10.9 Å². The SMILES string of the molecule is COC(=O)NC(=S)Nc1cc(C(=O)c2ccccc2)ccc1NC(=O)c1ccc([N+](=O)[O-])cc1. The molecule has 0 spiro atoms. The molecule has 0 aliphatic heterocycles. The van der Waals surface area contributed by atoms with Gasteiger partial charge in [0.05, 0.1) is 23.4 Å². The molecule has 0 heterocycles. The number of alkyl carbamates (subject to hydrolysis) is 1. The van der Waals surface area contributed by atoms with E-state index in [0.29, 0.717) is 11.1 Å². The van der Waals surface area contributed by atoms with Gasteiger partial charge in [-0.3, -0.25) is 25.0 Å². The van der Waals surface area contributed by atoms with Crippen molar-refractivity contribution in [3.8, 4) is 0 Å². The number of thiocarbonyl (C=S) groups is 1. The molecule has 0 fully saturated rings. The average molecular weight is 478 g/mol. The molecular formula is C23H18N4O6S. The third kappa shape index (κ3) is 5.99. The molecule has 172 valence electrons. The Hall–Kier alpha value is -4.64. The molecule has 2 amide bonds. The zero-order chi connectivity index (χ0) is 24.7. The summed E-state index contributed by atoms with van der Waals surface area (Å²) in [6, 6.07) is 18.2. The van der Waals surface area contributed by atoms with Crippen LogP contribution in [-0.4, -0.2) is 34.9 Å². The normalized spacial score (nSPS) is 10.0. The van der Waals surface area contributed by atoms with E-state index < -0.39 is 16.9 Å². The van der Waals surface area contributed by atoms with E-state index in [-0.39, 0.29) is 33.5 Å². The van der Waals surface area contributed by atoms with Crippen LogP contribution in [0.2, 0.25) is 0 Å². The summed E-state index contributed by atoms with van der Waals surface area (Å²) in [6.07, 6.45) is -0.800. The highest BCUT2D eigenvalue weighted by molar-refractivity contribution is 7.80. The standard InChI is InChI=1S/C23H18N4O6S/c1-33-23(30)26-22(34)25-19-13-16(20(28)14-5-3-2-4-6-14)9-12-18(19)24-21(29)15-7-10-17(11-8-15)27(31)32/h2-13H,1H3,(H,24,29)(H2,25,26,30,34). The number of carbonyl (C=O) groups excluding carboxylic acids is 3. The van der Waals surface area contributed by atoms with Crippen LogP contribution in [0.4, 0.5) is 21.9 Å². The number of benzene rings is 3. The Balaban J connectivity index is 1.90. The van der Waals surface area contributed by atoms with E-state index in [1.54, 1.807) is 30.3 Å². The molecule has 3 aromatic carbocycles. The first-order chi connectivity index (χ1) is 16.3. The largest absolute Gasteiger partial charge is 0.453 e. The van der Waals surface area contributed by atoms with Crippen molar-refractivity contribution in [2.45, 2.75) is 0 Å². The summed E-state index contributed by atoms with van der Waals surface area (Å²) < 4.78 is 4.51. The Morgan fingerprint density at radius 1 is 0.853 bits per heavy atom. The highest BCUT2D eigenvalue weighted by atomic mass is 32.1. The van der Waals surface area contributed by atoms with Crippen LogP contribution in [0.3, 0.4) is 0 Å². The van der Waals surface area contributed by atoms with Crippen molar-refractivity contribution in [3.05, 3.63) is 99.6 Å². The Labute approximate surface area is 199 Å². The number of hydrogen-bond donors (Lipinski definition) is 3. The maximum atomic E-state index is 12.9. The van der Waals surface area contributed by atoms with Gasteiger partial charge < -0.3 is 15.4 Å². The highest BCUT2D eigenvalue weighted by Crippen LogP contribution is 2.26. The Kier molecular flexibility index (Phi) is 7.62. The van der Waals surface area contributed by atoms with Gasteiger partial charge in [-0.1, -0.05) is 30.3 Å². The van der Waals surface area contributed by atoms with Crippen LogP contribution in [0.15, 0.2) is 72.8 Å². The first-order valence-corrected chi connectivity index (χ1v) is 10.1. The molecule has 0 aliphatic rings. The van der Waals surface area contributed by atoms with Crippen molar-refractivity contribution in [1.82, 2.24) is 5.32 Å². The number of hydrogen-bond acceptors (Lipinski definition) is 7. The molecule has 0 bridgehead atoms. The summed E-state index contributed by atoms with van der Waals surface area (Å²) in [7, 11) is 1.17. The Morgan fingerprint density at radius 3 is 2.12 bits per heavy atom. The van der Waals surface area contributed by atoms with Crippen molar-refractivity contribution < 1.29 is 24.0 Å². The van der Waals surface area contributed by atoms with Gasteiger partial charge in [0.1, 0.15) is 0 Å². The van der Waals surface area contributed by atoms with Crippen LogP contribution in [0.1, 0.15) is 26.3 Å². The molecule has 0 atom stereocenters. The molecule has 3 rings (SSSR count). The number of amides is 2. The summed E-state index contributed by atoms with van der Waals surface area (Å²) in [5, 5.41) is 18.4. The molecule has 0 saturated carbocycles. The number of carbonyl (C=O) groups is 3. The van der Waals surface area contributed by atoms with Crippen LogP contribution in [0, 0.1) is 10.1 Å². The lowest BCUT2D eigenvalue weighted by Gasteiger charge is -2.15. The highest BCUT2D eigenvalue weighted by Gasteiger charge is 2.16. The van der Waals surface area contributed by atoms with E-state index >= 15 is 0 Å². The fourth-order valence-electron chi connectivity index (χ4n) is 2.88. The minimum Gasteiger partial charge on any atom is -0.453 e. The van der Waals surface area contributed by atoms with Crippen molar-refractivity contribution in [3.63, 3.8) is 0 Å². The lowest BCUT2D eigenvalue weighted by molar-refractivity contribution is -0.384. The molecule has 0 aliphatic carbocycles. The van der Waals surface area contributed by atoms with Crippen molar-refractivity contribution >= 4 is 52.2 Å². The molecule has 34 heavy (non-hydrogen) atoms. The lowest BCUT2D eigenvalue weighted by atomic mass is 10.0. The topological polar surface area (TPSA) is 140 Å². The zero-order valence-electron chi connectivity index (χ0n) is 17.7. The van der Waals surface area contributed by atoms with Gasteiger partial charge in [0, 0.05) is 28.8 Å². The Bertz CT molecular complexity index is 1260. The van der Waals surface area contributed by atoms with Gasteiger partial charge in [0.25, 0.3) is 11.6 Å². The van der Waals surface area contributed by atoms with Gasteiger partial charge >= 0.3 is 6.09 Å². The van der Waals surface area contributed by atoms with E-state index in [0.717, 1.165) is 0 Å². The third-order valence-corrected chi connectivity index (χ3v) is 4.76. The predicted octanol–water partition coefficient (Wildman–Crippen LogP) is 4.13. The third-order valence-electron chi connectivity index (χ3n) is 4.56. The Morgan fingerprint density at radius 2 is 1.50 bits per heavy atom. The summed E-state index contributed by atoms with van der Waals surface area (Å²) >= 11 is 5.10. The smallest absolute Gasteiger partial charge is 0.413 e. The number of nitro groups is 1. The van der Waals surface area contributed by atoms with Gasteiger partial charge in [-0.15, -0.1) is 0 Å². The summed E-state index contributed by atoms with van der Waals surface area (Å²) in [6.45, 7) is 0. The number of ketones is 1. The number of nitrogens with one attached hydrogen (secondary N) is 3. The van der Waals surface area contributed by atoms with E-state index in [9.17, 15) is 24.5 Å². The number of nitrogens with zero attached hydrogens (tertiary/aromatic N) is 1. The first kappa shape index (κ1) is 24.0. The molecule has 3 N–H and O–H groups in total. The average Bonchev–Trinajstić information content (AvgIpc) is 2.85. The van der Waals surface area contributed by atoms with Crippen LogP contribution in [-0.2, 0) is 4.74 Å². The summed E-state index contributed by atoms with van der Waals surface area (Å²) in [4.78, 5) is 47.3. The summed E-state index contributed by atoms with van der Waals surface area (Å²) in [5.74, 6) is -0.810. The monoisotopic (exact) mass is 478 g/mol. The minimum absolute atomic E-state index is 0.123. The molecule has 3 aromatic rings. The van der Waals surface area contributed by atoms with Crippen LogP contribution in [0.5, 0.6) is 0 Å². The van der Waals surface area contributed by atoms with E-state index in [4.69, 9.17) is 12.2 Å². The number of rotatable bonds is 6. The first-order valence-electron chi connectivity index (χ1n) is 9.74.